The molecule has 18 heavy (non-hydrogen) atoms. The molecule has 0 atom stereocenters. The van der Waals surface area contributed by atoms with Gasteiger partial charge in [-0.05, 0) is 12.1 Å². The minimum atomic E-state index is -4.69. The third-order valence-electron chi connectivity index (χ3n) is 1.43. The molecule has 0 aliphatic heterocycles. The molecule has 0 spiro atoms. The first-order valence-corrected chi connectivity index (χ1v) is 5.90. The molecule has 1 aromatic rings. The summed E-state index contributed by atoms with van der Waals surface area (Å²) in [6.45, 7) is 0. The van der Waals surface area contributed by atoms with Crippen molar-refractivity contribution in [1.82, 2.24) is 4.90 Å². The smallest absolute Gasteiger partial charge is 0.278 e. The van der Waals surface area contributed by atoms with Crippen molar-refractivity contribution in [1.29, 1.82) is 0 Å². The van der Waals surface area contributed by atoms with Gasteiger partial charge in [-0.1, -0.05) is 18.2 Å². The molecule has 8 heteroatoms. The van der Waals surface area contributed by atoms with Crippen LogP contribution < -0.4 is 14.0 Å². The zero-order chi connectivity index (χ0) is 14.2. The monoisotopic (exact) mass is 276 g/mol. The Kier molecular flexibility index (Phi) is 7.10. The molecule has 0 heterocycles. The van der Waals surface area contributed by atoms with Crippen molar-refractivity contribution < 1.29 is 33.7 Å². The van der Waals surface area contributed by atoms with E-state index < -0.39 is 10.2 Å². The molecule has 1 N–H and O–H groups in total. The highest BCUT2D eigenvalue weighted by Crippen LogP contribution is 1.99. The van der Waals surface area contributed by atoms with Crippen LogP contribution in [0.3, 0.4) is 0 Å². The van der Waals surface area contributed by atoms with Crippen molar-refractivity contribution in [2.75, 3.05) is 14.1 Å². The standard InChI is InChI=1S/C10H12N2O.ClHO4/c1-12(2)8-11-10(13)9-6-4-3-5-7-9;2-1(3,4)5/h3-8H,1-2H3;(H,2,3,4,5). The first-order valence-electron chi connectivity index (χ1n) is 4.63. The minimum absolute atomic E-state index is 0.214. The maximum atomic E-state index is 11.3. The molecule has 1 rings (SSSR count). The van der Waals surface area contributed by atoms with Gasteiger partial charge in [0.15, 0.2) is 0 Å². The van der Waals surface area contributed by atoms with Crippen LogP contribution in [0, 0.1) is 10.2 Å². The number of hydrogen-bond acceptors (Lipinski definition) is 5. The van der Waals surface area contributed by atoms with Crippen LogP contribution in [0.4, 0.5) is 0 Å². The van der Waals surface area contributed by atoms with Gasteiger partial charge in [0, 0.05) is 19.7 Å². The largest absolute Gasteiger partial charge is 0.369 e. The summed E-state index contributed by atoms with van der Waals surface area (Å²) >= 11 is 0. The van der Waals surface area contributed by atoms with E-state index in [0.29, 0.717) is 5.56 Å². The highest BCUT2D eigenvalue weighted by atomic mass is 35.7. The molecular weight excluding hydrogens is 264 g/mol. The molecule has 1 aromatic carbocycles. The van der Waals surface area contributed by atoms with Crippen LogP contribution >= 0.6 is 0 Å². The maximum absolute atomic E-state index is 11.3. The molecule has 0 fully saturated rings. The van der Waals surface area contributed by atoms with Gasteiger partial charge in [-0.3, -0.25) is 4.79 Å². The lowest BCUT2D eigenvalue weighted by Crippen LogP contribution is -2.58. The lowest BCUT2D eigenvalue weighted by Gasteiger charge is -2.03. The molecule has 7 nitrogen and oxygen atoms in total. The number of benzene rings is 1. The van der Waals surface area contributed by atoms with Crippen molar-refractivity contribution in [3.8, 4) is 0 Å². The predicted octanol–water partition coefficient (Wildman–Crippen LogP) is -2.71. The summed E-state index contributed by atoms with van der Waals surface area (Å²) < 4.78 is 32.7. The Morgan fingerprint density at radius 3 is 2.11 bits per heavy atom. The second-order valence-corrected chi connectivity index (χ2v) is 4.07. The summed E-state index contributed by atoms with van der Waals surface area (Å²) in [5, 5.41) is 0. The first-order chi connectivity index (χ1) is 8.20. The topological polar surface area (TPSA) is 122 Å². The Hall–Kier alpha value is -1.51. The third-order valence-corrected chi connectivity index (χ3v) is 1.43. The van der Waals surface area contributed by atoms with E-state index in [-0.39, 0.29) is 5.91 Å². The highest BCUT2D eigenvalue weighted by molar-refractivity contribution is 5.98. The number of carbonyl (C=O) groups excluding carboxylic acids is 1. The average Bonchev–Trinajstić information content (AvgIpc) is 2.25. The molecule has 0 aliphatic rings. The second kappa shape index (κ2) is 7.75. The number of nitrogens with zero attached hydrogens (tertiary/aromatic N) is 2. The molecule has 0 bridgehead atoms. The summed E-state index contributed by atoms with van der Waals surface area (Å²) in [7, 11) is -1.05. The molecule has 0 aliphatic carbocycles. The quantitative estimate of drug-likeness (QED) is 0.463. The summed E-state index contributed by atoms with van der Waals surface area (Å²) in [6.07, 6.45) is 1.50. The van der Waals surface area contributed by atoms with Crippen molar-refractivity contribution >= 4 is 12.2 Å². The van der Waals surface area contributed by atoms with E-state index in [1.165, 1.54) is 6.34 Å². The Labute approximate surface area is 106 Å². The van der Waals surface area contributed by atoms with E-state index in [9.17, 15) is 4.79 Å². The normalized spacial score (nSPS) is 10.8. The molecule has 100 valence electrons. The van der Waals surface area contributed by atoms with Crippen LogP contribution in [0.5, 0.6) is 0 Å². The van der Waals surface area contributed by atoms with Crippen LogP contribution in [0.15, 0.2) is 35.3 Å². The van der Waals surface area contributed by atoms with E-state index in [4.69, 9.17) is 18.6 Å². The number of carbonyl (C=O) groups is 1. The molecule has 1 amide bonds. The van der Waals surface area contributed by atoms with Crippen LogP contribution in [0.2, 0.25) is 0 Å². The van der Waals surface area contributed by atoms with E-state index in [0.717, 1.165) is 0 Å². The fourth-order valence-electron chi connectivity index (χ4n) is 0.823. The van der Waals surface area contributed by atoms with Crippen LogP contribution in [-0.2, 0) is 0 Å². The van der Waals surface area contributed by atoms with E-state index in [1.54, 1.807) is 17.0 Å². The van der Waals surface area contributed by atoms with E-state index in [2.05, 4.69) is 4.99 Å². The fraction of sp³-hybridized carbons (Fsp3) is 0.200. The van der Waals surface area contributed by atoms with Crippen molar-refractivity contribution in [2.24, 2.45) is 4.99 Å². The van der Waals surface area contributed by atoms with Crippen LogP contribution in [-0.4, -0.2) is 35.9 Å². The SMILES string of the molecule is CN(C)C=NC(=O)c1ccccc1.[O-][Cl+3]([O-])([O-])O. The minimum Gasteiger partial charge on any atom is -0.369 e. The average molecular weight is 277 g/mol. The summed E-state index contributed by atoms with van der Waals surface area (Å²) in [5.41, 5.74) is 0.612. The third kappa shape index (κ3) is 11.0. The molecule has 0 unspecified atom stereocenters. The fourth-order valence-corrected chi connectivity index (χ4v) is 0.823. The Bertz CT molecular complexity index is 383. The zero-order valence-corrected chi connectivity index (χ0v) is 10.6. The van der Waals surface area contributed by atoms with Crippen molar-refractivity contribution in [3.05, 3.63) is 35.9 Å². The summed E-state index contributed by atoms with van der Waals surface area (Å²) in [4.78, 5) is 16.8. The lowest BCUT2D eigenvalue weighted by molar-refractivity contribution is -1.92. The van der Waals surface area contributed by atoms with Gasteiger partial charge in [-0.15, -0.1) is 0 Å². The van der Waals surface area contributed by atoms with Gasteiger partial charge >= 0.3 is 0 Å². The van der Waals surface area contributed by atoms with Gasteiger partial charge < -0.3 is 4.90 Å². The van der Waals surface area contributed by atoms with Gasteiger partial charge in [0.05, 0.1) is 21.2 Å². The van der Waals surface area contributed by atoms with Gasteiger partial charge in [0.2, 0.25) is 0 Å². The Morgan fingerprint density at radius 2 is 1.72 bits per heavy atom. The number of rotatable bonds is 2. The van der Waals surface area contributed by atoms with Crippen molar-refractivity contribution in [2.45, 2.75) is 0 Å². The maximum Gasteiger partial charge on any atom is 0.278 e. The molecule has 0 saturated carbocycles. The lowest BCUT2D eigenvalue weighted by atomic mass is 10.2. The number of halogens is 1. The first kappa shape index (κ1) is 16.5. The highest BCUT2D eigenvalue weighted by Gasteiger charge is 2.00. The van der Waals surface area contributed by atoms with Gasteiger partial charge in [-0.25, -0.2) is 0 Å². The van der Waals surface area contributed by atoms with Crippen LogP contribution in [0.25, 0.3) is 0 Å². The van der Waals surface area contributed by atoms with Gasteiger partial charge in [0.25, 0.3) is 5.91 Å². The Morgan fingerprint density at radius 1 is 1.28 bits per heavy atom. The second-order valence-electron chi connectivity index (χ2n) is 3.28. The van der Waals surface area contributed by atoms with Crippen molar-refractivity contribution in [3.63, 3.8) is 0 Å². The molecular formula is C10H13ClN2O5. The summed E-state index contributed by atoms with van der Waals surface area (Å²) in [5.74, 6) is -0.214. The molecule has 0 saturated heterocycles. The predicted molar refractivity (Wildman–Crippen MR) is 55.2 cm³/mol. The van der Waals surface area contributed by atoms with E-state index in [1.807, 2.05) is 32.3 Å². The van der Waals surface area contributed by atoms with E-state index >= 15 is 0 Å². The summed E-state index contributed by atoms with van der Waals surface area (Å²) in [6, 6.07) is 8.99. The zero-order valence-electron chi connectivity index (χ0n) is 9.82. The number of amides is 1. The van der Waals surface area contributed by atoms with Gasteiger partial charge in [-0.2, -0.15) is 19.0 Å². The Balaban J connectivity index is 0.000000494. The molecule has 0 aromatic heterocycles. The number of aliphatic imine (C=N–C) groups is 1. The molecule has 0 radical (unpaired) electrons. The number of hydrogen-bond donors (Lipinski definition) is 1. The van der Waals surface area contributed by atoms with Crippen LogP contribution in [0.1, 0.15) is 10.4 Å². The van der Waals surface area contributed by atoms with Gasteiger partial charge in [0.1, 0.15) is 0 Å².